The number of hydrogen-bond acceptors (Lipinski definition) is 6. The molecule has 1 heterocycles. The third-order valence-electron chi connectivity index (χ3n) is 6.27. The van der Waals surface area contributed by atoms with Crippen LogP contribution in [0.4, 0.5) is 0 Å². The van der Waals surface area contributed by atoms with Crippen molar-refractivity contribution in [2.24, 2.45) is 5.11 Å². The van der Waals surface area contributed by atoms with Crippen LogP contribution >= 0.6 is 0 Å². The maximum absolute atomic E-state index is 8.39. The van der Waals surface area contributed by atoms with Crippen molar-refractivity contribution < 1.29 is 18.9 Å². The van der Waals surface area contributed by atoms with Crippen molar-refractivity contribution in [1.82, 2.24) is 5.32 Å². The van der Waals surface area contributed by atoms with E-state index in [4.69, 9.17) is 24.5 Å². The second-order valence-corrected chi connectivity index (χ2v) is 8.81. The van der Waals surface area contributed by atoms with Crippen LogP contribution in [0.25, 0.3) is 16.5 Å². The molecular weight excluding hydrogens is 456 g/mol. The topological polar surface area (TPSA) is 97.7 Å². The summed E-state index contributed by atoms with van der Waals surface area (Å²) in [5.41, 5.74) is 13.1. The molecular formula is C28H38N4O4. The van der Waals surface area contributed by atoms with Gasteiger partial charge >= 0.3 is 0 Å². The van der Waals surface area contributed by atoms with Gasteiger partial charge in [0.2, 0.25) is 0 Å². The van der Waals surface area contributed by atoms with Crippen molar-refractivity contribution in [3.63, 3.8) is 0 Å². The number of azide groups is 1. The van der Waals surface area contributed by atoms with Crippen LogP contribution in [0.1, 0.15) is 60.9 Å². The fraction of sp³-hybridized carbons (Fsp3) is 0.500. The summed E-state index contributed by atoms with van der Waals surface area (Å²) in [5.74, 6) is 3.01. The Morgan fingerprint density at radius 3 is 2.44 bits per heavy atom. The zero-order valence-corrected chi connectivity index (χ0v) is 21.9. The number of aryl methyl sites for hydroxylation is 1. The van der Waals surface area contributed by atoms with Gasteiger partial charge in [-0.3, -0.25) is 0 Å². The number of rotatable bonds is 14. The summed E-state index contributed by atoms with van der Waals surface area (Å²) in [6.45, 7) is 6.83. The van der Waals surface area contributed by atoms with Crippen molar-refractivity contribution in [3.8, 4) is 23.0 Å². The summed E-state index contributed by atoms with van der Waals surface area (Å²) in [6.07, 6.45) is 8.98. The Morgan fingerprint density at radius 1 is 1.00 bits per heavy atom. The summed E-state index contributed by atoms with van der Waals surface area (Å²) in [7, 11) is 3.34. The van der Waals surface area contributed by atoms with Crippen LogP contribution in [-0.4, -0.2) is 40.5 Å². The van der Waals surface area contributed by atoms with Crippen molar-refractivity contribution in [3.05, 3.63) is 63.0 Å². The molecule has 0 fully saturated rings. The molecule has 0 saturated carbocycles. The lowest BCUT2D eigenvalue weighted by atomic mass is 9.92. The first kappa shape index (κ1) is 27.2. The predicted octanol–water partition coefficient (Wildman–Crippen LogP) is 6.56. The van der Waals surface area contributed by atoms with E-state index in [9.17, 15) is 0 Å². The highest BCUT2D eigenvalue weighted by Crippen LogP contribution is 2.37. The second kappa shape index (κ2) is 14.3. The number of methoxy groups -OCH3 is 2. The lowest BCUT2D eigenvalue weighted by Gasteiger charge is -2.26. The van der Waals surface area contributed by atoms with Crippen LogP contribution in [0, 0.1) is 6.92 Å². The molecule has 8 nitrogen and oxygen atoms in total. The van der Waals surface area contributed by atoms with E-state index in [0.717, 1.165) is 61.3 Å². The first-order chi connectivity index (χ1) is 17.6. The van der Waals surface area contributed by atoms with Crippen LogP contribution in [-0.2, 0) is 6.42 Å². The molecule has 0 radical (unpaired) electrons. The van der Waals surface area contributed by atoms with Gasteiger partial charge in [-0.05, 0) is 84.7 Å². The fourth-order valence-corrected chi connectivity index (χ4v) is 4.21. The van der Waals surface area contributed by atoms with Gasteiger partial charge in [0, 0.05) is 18.0 Å². The van der Waals surface area contributed by atoms with E-state index in [2.05, 4.69) is 53.5 Å². The Labute approximate surface area is 214 Å². The normalized spacial score (nSPS) is 14.7. The molecule has 36 heavy (non-hydrogen) atoms. The SMILES string of the molecule is CCCCOc1cc2c(cc1OC)C(/C=C/c1cc(OCCCCN=[N+]=[N-])c(OC)cc1C)NCC2. The summed E-state index contributed by atoms with van der Waals surface area (Å²) in [5, 5.41) is 7.17. The predicted molar refractivity (Wildman–Crippen MR) is 143 cm³/mol. The molecule has 1 N–H and O–H groups in total. The van der Waals surface area contributed by atoms with E-state index in [1.54, 1.807) is 14.2 Å². The number of ether oxygens (including phenoxy) is 4. The lowest BCUT2D eigenvalue weighted by molar-refractivity contribution is 0.287. The van der Waals surface area contributed by atoms with Gasteiger partial charge < -0.3 is 24.3 Å². The minimum atomic E-state index is 0.0684. The third kappa shape index (κ3) is 7.33. The van der Waals surface area contributed by atoms with Crippen LogP contribution in [0.5, 0.6) is 23.0 Å². The number of fused-ring (bicyclic) bond motifs is 1. The zero-order chi connectivity index (χ0) is 25.8. The molecule has 2 aromatic rings. The average molecular weight is 495 g/mol. The second-order valence-electron chi connectivity index (χ2n) is 8.81. The lowest BCUT2D eigenvalue weighted by Crippen LogP contribution is -2.28. The van der Waals surface area contributed by atoms with Gasteiger partial charge in [-0.2, -0.15) is 0 Å². The molecule has 0 bridgehead atoms. The van der Waals surface area contributed by atoms with Crippen LogP contribution in [0.3, 0.4) is 0 Å². The molecule has 1 aliphatic rings. The fourth-order valence-electron chi connectivity index (χ4n) is 4.21. The first-order valence-corrected chi connectivity index (χ1v) is 12.7. The van der Waals surface area contributed by atoms with Gasteiger partial charge in [-0.25, -0.2) is 0 Å². The molecule has 0 saturated heterocycles. The van der Waals surface area contributed by atoms with Gasteiger partial charge in [0.05, 0.1) is 33.5 Å². The summed E-state index contributed by atoms with van der Waals surface area (Å²) in [4.78, 5) is 2.78. The zero-order valence-electron chi connectivity index (χ0n) is 21.9. The Morgan fingerprint density at radius 2 is 1.72 bits per heavy atom. The Balaban J connectivity index is 1.77. The summed E-state index contributed by atoms with van der Waals surface area (Å²) >= 11 is 0. The van der Waals surface area contributed by atoms with E-state index < -0.39 is 0 Å². The molecule has 194 valence electrons. The molecule has 0 aromatic heterocycles. The van der Waals surface area contributed by atoms with E-state index in [-0.39, 0.29) is 6.04 Å². The summed E-state index contributed by atoms with van der Waals surface area (Å²) in [6, 6.07) is 8.33. The van der Waals surface area contributed by atoms with Crippen LogP contribution in [0.15, 0.2) is 35.5 Å². The van der Waals surface area contributed by atoms with Crippen molar-refractivity contribution in [2.75, 3.05) is 40.5 Å². The Kier molecular flexibility index (Phi) is 10.8. The van der Waals surface area contributed by atoms with E-state index in [1.807, 2.05) is 12.1 Å². The van der Waals surface area contributed by atoms with E-state index in [0.29, 0.717) is 31.3 Å². The molecule has 1 aliphatic heterocycles. The number of nitrogens with one attached hydrogen (secondary N) is 1. The van der Waals surface area contributed by atoms with Gasteiger partial charge in [0.15, 0.2) is 23.0 Å². The highest BCUT2D eigenvalue weighted by Gasteiger charge is 2.21. The largest absolute Gasteiger partial charge is 0.493 e. The molecule has 2 aromatic carbocycles. The monoisotopic (exact) mass is 494 g/mol. The highest BCUT2D eigenvalue weighted by molar-refractivity contribution is 5.61. The molecule has 3 rings (SSSR count). The summed E-state index contributed by atoms with van der Waals surface area (Å²) < 4.78 is 23.2. The molecule has 1 unspecified atom stereocenters. The minimum Gasteiger partial charge on any atom is -0.493 e. The average Bonchev–Trinajstić information content (AvgIpc) is 2.90. The molecule has 1 atom stereocenters. The highest BCUT2D eigenvalue weighted by atomic mass is 16.5. The van der Waals surface area contributed by atoms with Crippen molar-refractivity contribution in [2.45, 2.75) is 52.0 Å². The number of nitrogens with zero attached hydrogens (tertiary/aromatic N) is 3. The molecule has 0 aliphatic carbocycles. The van der Waals surface area contributed by atoms with Crippen LogP contribution in [0.2, 0.25) is 0 Å². The minimum absolute atomic E-state index is 0.0684. The smallest absolute Gasteiger partial charge is 0.161 e. The quantitative estimate of drug-likeness (QED) is 0.139. The number of unbranched alkanes of at least 4 members (excludes halogenated alkanes) is 2. The van der Waals surface area contributed by atoms with Gasteiger partial charge in [-0.1, -0.05) is 30.6 Å². The van der Waals surface area contributed by atoms with Crippen LogP contribution < -0.4 is 24.3 Å². The van der Waals surface area contributed by atoms with E-state index >= 15 is 0 Å². The van der Waals surface area contributed by atoms with Gasteiger partial charge in [0.25, 0.3) is 0 Å². The number of benzene rings is 2. The Hall–Kier alpha value is -3.35. The molecule has 0 spiro atoms. The van der Waals surface area contributed by atoms with Crippen molar-refractivity contribution >= 4 is 6.08 Å². The molecule has 8 heteroatoms. The maximum atomic E-state index is 8.39. The Bertz CT molecular complexity index is 1080. The molecule has 0 amide bonds. The first-order valence-electron chi connectivity index (χ1n) is 12.7. The number of hydrogen-bond donors (Lipinski definition) is 1. The van der Waals surface area contributed by atoms with Gasteiger partial charge in [-0.15, -0.1) is 0 Å². The van der Waals surface area contributed by atoms with E-state index in [1.165, 1.54) is 11.1 Å². The van der Waals surface area contributed by atoms with Crippen molar-refractivity contribution in [1.29, 1.82) is 0 Å². The third-order valence-corrected chi connectivity index (χ3v) is 6.27. The standard InChI is InChI=1S/C28H38N4O4/c1-5-6-14-35-28-18-22-11-13-30-24(23(22)19-26(28)34-4)10-9-21-17-27(25(33-3)16-20(21)2)36-15-8-7-12-31-32-29/h9-10,16-19,24,30H,5-8,11-15H2,1-4H3/b10-9+. The van der Waals surface area contributed by atoms with Gasteiger partial charge in [0.1, 0.15) is 0 Å². The maximum Gasteiger partial charge on any atom is 0.161 e.